The van der Waals surface area contributed by atoms with E-state index in [1.807, 2.05) is 20.8 Å². The molecule has 2 rings (SSSR count). The second-order valence-corrected chi connectivity index (χ2v) is 4.41. The molecular weight excluding hydrogens is 230 g/mol. The largest absolute Gasteiger partial charge is 0.466 e. The summed E-state index contributed by atoms with van der Waals surface area (Å²) >= 11 is 0. The first kappa shape index (κ1) is 12.8. The highest BCUT2D eigenvalue weighted by molar-refractivity contribution is 5.23. The second-order valence-electron chi connectivity index (χ2n) is 4.41. The molecule has 5 heteroatoms. The number of furan rings is 1. The van der Waals surface area contributed by atoms with Crippen LogP contribution in [-0.2, 0) is 13.0 Å². The number of aryl methyl sites for hydroxylation is 3. The lowest BCUT2D eigenvalue weighted by Crippen LogP contribution is -2.18. The molecule has 0 aliphatic rings. The van der Waals surface area contributed by atoms with E-state index in [-0.39, 0.29) is 6.04 Å². The molecular formula is C13H19N3O2. The van der Waals surface area contributed by atoms with Crippen LogP contribution in [0.3, 0.4) is 0 Å². The third-order valence-corrected chi connectivity index (χ3v) is 2.92. The first-order valence-corrected chi connectivity index (χ1v) is 6.21. The summed E-state index contributed by atoms with van der Waals surface area (Å²) in [6.07, 6.45) is 0.766. The number of rotatable bonds is 5. The second kappa shape index (κ2) is 5.35. The highest BCUT2D eigenvalue weighted by Crippen LogP contribution is 2.21. The van der Waals surface area contributed by atoms with Crippen molar-refractivity contribution >= 4 is 0 Å². The predicted octanol–water partition coefficient (Wildman–Crippen LogP) is 2.69. The Balaban J connectivity index is 1.95. The van der Waals surface area contributed by atoms with Gasteiger partial charge in [-0.05, 0) is 26.8 Å². The van der Waals surface area contributed by atoms with Gasteiger partial charge in [-0.15, -0.1) is 10.2 Å². The number of nitrogens with one attached hydrogen (secondary N) is 1. The lowest BCUT2D eigenvalue weighted by atomic mass is 10.1. The zero-order valence-corrected chi connectivity index (χ0v) is 11.3. The van der Waals surface area contributed by atoms with Crippen LogP contribution in [0.1, 0.15) is 48.8 Å². The van der Waals surface area contributed by atoms with Crippen molar-refractivity contribution < 1.29 is 8.83 Å². The summed E-state index contributed by atoms with van der Waals surface area (Å²) in [5.41, 5.74) is 1.17. The summed E-state index contributed by atoms with van der Waals surface area (Å²) in [7, 11) is 0. The molecule has 5 nitrogen and oxygen atoms in total. The van der Waals surface area contributed by atoms with E-state index in [1.54, 1.807) is 0 Å². The average Bonchev–Trinajstić information content (AvgIpc) is 2.92. The van der Waals surface area contributed by atoms with E-state index in [1.165, 1.54) is 5.56 Å². The van der Waals surface area contributed by atoms with Crippen LogP contribution in [-0.4, -0.2) is 10.2 Å². The third-order valence-electron chi connectivity index (χ3n) is 2.92. The Morgan fingerprint density at radius 2 is 1.94 bits per heavy atom. The van der Waals surface area contributed by atoms with E-state index in [0.717, 1.165) is 17.9 Å². The number of hydrogen-bond donors (Lipinski definition) is 1. The fraction of sp³-hybridized carbons (Fsp3) is 0.538. The van der Waals surface area contributed by atoms with Crippen molar-refractivity contribution in [2.45, 2.75) is 46.7 Å². The van der Waals surface area contributed by atoms with E-state index in [0.29, 0.717) is 18.3 Å². The molecule has 2 aromatic rings. The van der Waals surface area contributed by atoms with E-state index in [9.17, 15) is 0 Å². The highest BCUT2D eigenvalue weighted by Gasteiger charge is 2.13. The van der Waals surface area contributed by atoms with Crippen LogP contribution in [0.2, 0.25) is 0 Å². The molecule has 0 radical (unpaired) electrons. The molecule has 0 aliphatic carbocycles. The first-order chi connectivity index (χ1) is 8.60. The molecule has 18 heavy (non-hydrogen) atoms. The minimum absolute atomic E-state index is 0.194. The number of nitrogens with zero attached hydrogens (tertiary/aromatic N) is 2. The summed E-state index contributed by atoms with van der Waals surface area (Å²) in [6.45, 7) is 8.58. The quantitative estimate of drug-likeness (QED) is 0.882. The summed E-state index contributed by atoms with van der Waals surface area (Å²) in [6, 6.07) is 2.25. The van der Waals surface area contributed by atoms with Crippen LogP contribution < -0.4 is 5.32 Å². The van der Waals surface area contributed by atoms with Crippen LogP contribution in [0.4, 0.5) is 0 Å². The summed E-state index contributed by atoms with van der Waals surface area (Å²) < 4.78 is 11.0. The van der Waals surface area contributed by atoms with E-state index in [2.05, 4.69) is 28.5 Å². The highest BCUT2D eigenvalue weighted by atomic mass is 16.4. The van der Waals surface area contributed by atoms with E-state index in [4.69, 9.17) is 8.83 Å². The molecule has 0 amide bonds. The van der Waals surface area contributed by atoms with E-state index < -0.39 is 0 Å². The van der Waals surface area contributed by atoms with Crippen molar-refractivity contribution in [3.8, 4) is 0 Å². The smallest absolute Gasteiger partial charge is 0.230 e. The molecule has 0 fully saturated rings. The van der Waals surface area contributed by atoms with Gasteiger partial charge in [0.05, 0.1) is 6.54 Å². The van der Waals surface area contributed by atoms with E-state index >= 15 is 0 Å². The molecule has 0 unspecified atom stereocenters. The van der Waals surface area contributed by atoms with Crippen molar-refractivity contribution in [2.75, 3.05) is 0 Å². The molecule has 1 atom stereocenters. The minimum Gasteiger partial charge on any atom is -0.466 e. The fourth-order valence-corrected chi connectivity index (χ4v) is 1.93. The molecule has 0 saturated carbocycles. The maximum atomic E-state index is 5.52. The van der Waals surface area contributed by atoms with Gasteiger partial charge in [0.2, 0.25) is 11.8 Å². The summed E-state index contributed by atoms with van der Waals surface area (Å²) in [4.78, 5) is 0. The minimum atomic E-state index is 0.194. The normalized spacial score (nSPS) is 12.9. The lowest BCUT2D eigenvalue weighted by molar-refractivity contribution is 0.419. The van der Waals surface area contributed by atoms with Crippen molar-refractivity contribution in [1.82, 2.24) is 15.5 Å². The number of aromatic nitrogens is 2. The van der Waals surface area contributed by atoms with Crippen LogP contribution in [0.5, 0.6) is 0 Å². The van der Waals surface area contributed by atoms with Crippen molar-refractivity contribution in [2.24, 2.45) is 0 Å². The standard InChI is InChI=1S/C13H19N3O2/c1-5-12-15-16-13(18-12)7-14-9(3)11-6-8(2)17-10(11)4/h6,9,14H,5,7H2,1-4H3/t9-/m0/s1. The Hall–Kier alpha value is -1.62. The Bertz CT molecular complexity index is 516. The molecule has 0 saturated heterocycles. The first-order valence-electron chi connectivity index (χ1n) is 6.21. The number of hydrogen-bond acceptors (Lipinski definition) is 5. The zero-order valence-electron chi connectivity index (χ0n) is 11.3. The zero-order chi connectivity index (χ0) is 13.1. The molecule has 2 aromatic heterocycles. The van der Waals surface area contributed by atoms with Crippen molar-refractivity contribution in [1.29, 1.82) is 0 Å². The van der Waals surface area contributed by atoms with Crippen molar-refractivity contribution in [3.63, 3.8) is 0 Å². The maximum Gasteiger partial charge on any atom is 0.230 e. The van der Waals surface area contributed by atoms with Gasteiger partial charge in [0, 0.05) is 18.0 Å². The molecule has 0 aliphatic heterocycles. The van der Waals surface area contributed by atoms with Gasteiger partial charge in [-0.25, -0.2) is 0 Å². The average molecular weight is 249 g/mol. The molecule has 0 bridgehead atoms. The van der Waals surface area contributed by atoms with Crippen LogP contribution in [0.25, 0.3) is 0 Å². The lowest BCUT2D eigenvalue weighted by Gasteiger charge is -2.10. The maximum absolute atomic E-state index is 5.52. The van der Waals surface area contributed by atoms with Gasteiger partial charge in [0.1, 0.15) is 11.5 Å². The fourth-order valence-electron chi connectivity index (χ4n) is 1.93. The Morgan fingerprint density at radius 1 is 1.22 bits per heavy atom. The van der Waals surface area contributed by atoms with Gasteiger partial charge in [0.15, 0.2) is 0 Å². The topological polar surface area (TPSA) is 64.1 Å². The molecule has 0 spiro atoms. The SMILES string of the molecule is CCc1nnc(CN[C@@H](C)c2cc(C)oc2C)o1. The van der Waals surface area contributed by atoms with Gasteiger partial charge >= 0.3 is 0 Å². The molecule has 1 N–H and O–H groups in total. The van der Waals surface area contributed by atoms with Gasteiger partial charge < -0.3 is 14.2 Å². The third kappa shape index (κ3) is 2.79. The summed E-state index contributed by atoms with van der Waals surface area (Å²) in [5, 5.41) is 11.3. The Kier molecular flexibility index (Phi) is 3.81. The molecule has 0 aromatic carbocycles. The monoisotopic (exact) mass is 249 g/mol. The van der Waals surface area contributed by atoms with Gasteiger partial charge in [0.25, 0.3) is 0 Å². The predicted molar refractivity (Wildman–Crippen MR) is 67.1 cm³/mol. The summed E-state index contributed by atoms with van der Waals surface area (Å²) in [5.74, 6) is 3.18. The Morgan fingerprint density at radius 3 is 2.50 bits per heavy atom. The van der Waals surface area contributed by atoms with Crippen LogP contribution >= 0.6 is 0 Å². The van der Waals surface area contributed by atoms with Crippen molar-refractivity contribution in [3.05, 3.63) is 34.9 Å². The van der Waals surface area contributed by atoms with Gasteiger partial charge in [-0.1, -0.05) is 6.92 Å². The Labute approximate surface area is 107 Å². The van der Waals surface area contributed by atoms with Crippen LogP contribution in [0.15, 0.2) is 14.9 Å². The van der Waals surface area contributed by atoms with Gasteiger partial charge in [-0.3, -0.25) is 0 Å². The molecule has 2 heterocycles. The molecule has 98 valence electrons. The van der Waals surface area contributed by atoms with Crippen LogP contribution in [0, 0.1) is 13.8 Å². The van der Waals surface area contributed by atoms with Gasteiger partial charge in [-0.2, -0.15) is 0 Å².